The molecule has 1 saturated heterocycles. The number of rotatable bonds is 3. The minimum atomic E-state index is 0.0875. The first kappa shape index (κ1) is 17.9. The molecule has 0 bridgehead atoms. The number of allylic oxidation sites excluding steroid dienone is 1. The molecule has 1 fully saturated rings. The van der Waals surface area contributed by atoms with Gasteiger partial charge in [0.2, 0.25) is 0 Å². The van der Waals surface area contributed by atoms with E-state index in [2.05, 4.69) is 9.88 Å². The Morgan fingerprint density at radius 3 is 2.63 bits per heavy atom. The molecule has 0 unspecified atom stereocenters. The number of thioether (sulfide) groups is 1. The second-order valence-electron chi connectivity index (χ2n) is 6.47. The molecule has 0 spiro atoms. The lowest BCUT2D eigenvalue weighted by Gasteiger charge is -2.36. The highest BCUT2D eigenvalue weighted by Gasteiger charge is 2.27. The van der Waals surface area contributed by atoms with Crippen molar-refractivity contribution in [3.8, 4) is 11.4 Å². The van der Waals surface area contributed by atoms with E-state index in [-0.39, 0.29) is 5.91 Å². The number of ether oxygens (including phenoxy) is 1. The van der Waals surface area contributed by atoms with Gasteiger partial charge in [-0.25, -0.2) is 9.97 Å². The Balaban J connectivity index is 1.43. The molecule has 0 saturated carbocycles. The maximum absolute atomic E-state index is 12.8. The summed E-state index contributed by atoms with van der Waals surface area (Å²) in [6.07, 6.45) is 1.80. The minimum Gasteiger partial charge on any atom is -0.496 e. The molecule has 2 aliphatic heterocycles. The van der Waals surface area contributed by atoms with Gasteiger partial charge in [-0.2, -0.15) is 0 Å². The van der Waals surface area contributed by atoms with Crippen molar-refractivity contribution in [3.63, 3.8) is 0 Å². The number of carbonyl (C=O) groups excluding carboxylic acids is 1. The molecular weight excluding hydrogens is 360 g/mol. The summed E-state index contributed by atoms with van der Waals surface area (Å²) in [6.45, 7) is 5.44. The Labute approximate surface area is 163 Å². The number of amides is 1. The fraction of sp³-hybridized carbons (Fsp3) is 0.350. The van der Waals surface area contributed by atoms with Gasteiger partial charge in [0.15, 0.2) is 5.82 Å². The fourth-order valence-corrected chi connectivity index (χ4v) is 4.14. The Hall–Kier alpha value is -2.54. The smallest absolute Gasteiger partial charge is 0.263 e. The SMILES string of the molecule is CC1=C(C(=O)N2CCN(c3ccnc(-c4ccccc4)n3)CC2)SCCO1. The molecule has 2 aliphatic rings. The van der Waals surface area contributed by atoms with Gasteiger partial charge >= 0.3 is 0 Å². The lowest BCUT2D eigenvalue weighted by atomic mass is 10.2. The summed E-state index contributed by atoms with van der Waals surface area (Å²) in [6, 6.07) is 11.9. The molecule has 140 valence electrons. The van der Waals surface area contributed by atoms with Crippen molar-refractivity contribution in [1.82, 2.24) is 14.9 Å². The molecular formula is C20H22N4O2S. The average Bonchev–Trinajstić information content (AvgIpc) is 2.74. The molecule has 7 heteroatoms. The third-order valence-electron chi connectivity index (χ3n) is 4.73. The number of piperazine rings is 1. The maximum Gasteiger partial charge on any atom is 0.263 e. The van der Waals surface area contributed by atoms with E-state index < -0.39 is 0 Å². The van der Waals surface area contributed by atoms with Crippen LogP contribution in [0.2, 0.25) is 0 Å². The highest BCUT2D eigenvalue weighted by Crippen LogP contribution is 2.28. The van der Waals surface area contributed by atoms with Gasteiger partial charge in [-0.15, -0.1) is 11.8 Å². The van der Waals surface area contributed by atoms with Crippen LogP contribution >= 0.6 is 11.8 Å². The average molecular weight is 382 g/mol. The zero-order valence-electron chi connectivity index (χ0n) is 15.3. The Bertz CT molecular complexity index is 848. The van der Waals surface area contributed by atoms with E-state index in [1.807, 2.05) is 48.2 Å². The van der Waals surface area contributed by atoms with E-state index in [1.165, 1.54) is 0 Å². The fourth-order valence-electron chi connectivity index (χ4n) is 3.25. The summed E-state index contributed by atoms with van der Waals surface area (Å²) in [7, 11) is 0. The van der Waals surface area contributed by atoms with Crippen LogP contribution in [0.4, 0.5) is 5.82 Å². The lowest BCUT2D eigenvalue weighted by Crippen LogP contribution is -2.49. The number of hydrogen-bond donors (Lipinski definition) is 0. The van der Waals surface area contributed by atoms with E-state index in [0.717, 1.165) is 46.7 Å². The van der Waals surface area contributed by atoms with Gasteiger partial charge in [-0.1, -0.05) is 30.3 Å². The minimum absolute atomic E-state index is 0.0875. The van der Waals surface area contributed by atoms with Gasteiger partial charge in [0.25, 0.3) is 5.91 Å². The van der Waals surface area contributed by atoms with E-state index in [9.17, 15) is 4.79 Å². The zero-order chi connectivity index (χ0) is 18.6. The van der Waals surface area contributed by atoms with Crippen molar-refractivity contribution in [2.24, 2.45) is 0 Å². The van der Waals surface area contributed by atoms with E-state index in [0.29, 0.717) is 19.7 Å². The summed E-state index contributed by atoms with van der Waals surface area (Å²) in [5.41, 5.74) is 1.00. The number of anilines is 1. The van der Waals surface area contributed by atoms with Gasteiger partial charge in [0.05, 0.1) is 6.61 Å². The number of nitrogens with zero attached hydrogens (tertiary/aromatic N) is 4. The molecule has 2 aromatic rings. The number of carbonyl (C=O) groups is 1. The molecule has 1 aromatic carbocycles. The molecule has 3 heterocycles. The summed E-state index contributed by atoms with van der Waals surface area (Å²) in [5.74, 6) is 3.30. The van der Waals surface area contributed by atoms with Gasteiger partial charge < -0.3 is 14.5 Å². The second-order valence-corrected chi connectivity index (χ2v) is 7.57. The predicted molar refractivity (Wildman–Crippen MR) is 107 cm³/mol. The van der Waals surface area contributed by atoms with Crippen molar-refractivity contribution in [2.45, 2.75) is 6.92 Å². The van der Waals surface area contributed by atoms with Crippen LogP contribution in [-0.4, -0.2) is 59.3 Å². The summed E-state index contributed by atoms with van der Waals surface area (Å²) in [4.78, 5) is 26.8. The molecule has 1 amide bonds. The van der Waals surface area contributed by atoms with Crippen molar-refractivity contribution in [1.29, 1.82) is 0 Å². The van der Waals surface area contributed by atoms with Crippen molar-refractivity contribution < 1.29 is 9.53 Å². The first-order valence-corrected chi connectivity index (χ1v) is 10.1. The van der Waals surface area contributed by atoms with Crippen LogP contribution in [-0.2, 0) is 9.53 Å². The summed E-state index contributed by atoms with van der Waals surface area (Å²) < 4.78 is 5.53. The summed E-state index contributed by atoms with van der Waals surface area (Å²) >= 11 is 1.60. The number of benzene rings is 1. The van der Waals surface area contributed by atoms with Gasteiger partial charge in [0, 0.05) is 43.7 Å². The third kappa shape index (κ3) is 3.93. The quantitative estimate of drug-likeness (QED) is 0.814. The maximum atomic E-state index is 12.8. The lowest BCUT2D eigenvalue weighted by molar-refractivity contribution is -0.126. The summed E-state index contributed by atoms with van der Waals surface area (Å²) in [5, 5.41) is 0. The van der Waals surface area contributed by atoms with Crippen molar-refractivity contribution in [3.05, 3.63) is 53.3 Å². The van der Waals surface area contributed by atoms with Crippen molar-refractivity contribution >= 4 is 23.5 Å². The highest BCUT2D eigenvalue weighted by molar-refractivity contribution is 8.04. The standard InChI is InChI=1S/C20H22N4O2S/c1-15-18(27-14-13-26-15)20(25)24-11-9-23(10-12-24)17-7-8-21-19(22-17)16-5-3-2-4-6-16/h2-8H,9-14H2,1H3. The normalized spacial score (nSPS) is 17.7. The first-order valence-electron chi connectivity index (χ1n) is 9.11. The van der Waals surface area contributed by atoms with E-state index in [4.69, 9.17) is 9.72 Å². The molecule has 0 atom stereocenters. The first-order chi connectivity index (χ1) is 13.2. The molecule has 1 aromatic heterocycles. The van der Waals surface area contributed by atoms with Crippen LogP contribution in [0.5, 0.6) is 0 Å². The second kappa shape index (κ2) is 8.00. The molecule has 27 heavy (non-hydrogen) atoms. The van der Waals surface area contributed by atoms with Crippen LogP contribution in [0.15, 0.2) is 53.3 Å². The van der Waals surface area contributed by atoms with Crippen LogP contribution < -0.4 is 4.90 Å². The van der Waals surface area contributed by atoms with Crippen molar-refractivity contribution in [2.75, 3.05) is 43.4 Å². The van der Waals surface area contributed by atoms with Crippen LogP contribution in [0, 0.1) is 0 Å². The molecule has 4 rings (SSSR count). The van der Waals surface area contributed by atoms with Crippen LogP contribution in [0.25, 0.3) is 11.4 Å². The topological polar surface area (TPSA) is 58.6 Å². The van der Waals surface area contributed by atoms with E-state index >= 15 is 0 Å². The third-order valence-corrected chi connectivity index (χ3v) is 5.85. The number of hydrogen-bond acceptors (Lipinski definition) is 6. The number of aromatic nitrogens is 2. The Morgan fingerprint density at radius 1 is 1.11 bits per heavy atom. The van der Waals surface area contributed by atoms with Gasteiger partial charge in [0.1, 0.15) is 16.5 Å². The van der Waals surface area contributed by atoms with Gasteiger partial charge in [-0.3, -0.25) is 4.79 Å². The van der Waals surface area contributed by atoms with Crippen LogP contribution in [0.1, 0.15) is 6.92 Å². The highest BCUT2D eigenvalue weighted by atomic mass is 32.2. The van der Waals surface area contributed by atoms with Gasteiger partial charge in [-0.05, 0) is 13.0 Å². The molecule has 0 radical (unpaired) electrons. The largest absolute Gasteiger partial charge is 0.496 e. The molecule has 6 nitrogen and oxygen atoms in total. The van der Waals surface area contributed by atoms with E-state index in [1.54, 1.807) is 18.0 Å². The molecule has 0 aliphatic carbocycles. The Morgan fingerprint density at radius 2 is 1.89 bits per heavy atom. The monoisotopic (exact) mass is 382 g/mol. The Kier molecular flexibility index (Phi) is 5.29. The zero-order valence-corrected chi connectivity index (χ0v) is 16.1. The predicted octanol–water partition coefficient (Wildman–Crippen LogP) is 2.79. The van der Waals surface area contributed by atoms with Crippen LogP contribution in [0.3, 0.4) is 0 Å². The molecule has 0 N–H and O–H groups in total.